The van der Waals surface area contributed by atoms with E-state index in [9.17, 15) is 9.59 Å². The number of rotatable bonds is 5. The number of benzene rings is 2. The largest absolute Gasteiger partial charge is 0.352 e. The molecule has 136 valence electrons. The molecule has 0 radical (unpaired) electrons. The fraction of sp³-hybridized carbons (Fsp3) is 0.333. The van der Waals surface area contributed by atoms with Crippen LogP contribution in [0.1, 0.15) is 41.8 Å². The van der Waals surface area contributed by atoms with Crippen LogP contribution in [0.4, 0.5) is 5.69 Å². The van der Waals surface area contributed by atoms with E-state index in [2.05, 4.69) is 11.4 Å². The molecule has 1 N–H and O–H groups in total. The standard InChI is InChI=1S/C21H23ClN2O2/c1-14(2)11-20(25)23-13-15-3-4-16-9-10-24(19(16)12-15)21(26)17-5-7-18(22)8-6-17/h3-8,12,14H,9-11,13H2,1-2H3,(H,23,25). The highest BCUT2D eigenvalue weighted by Crippen LogP contribution is 2.30. The minimum absolute atomic E-state index is 0.0265. The fourth-order valence-corrected chi connectivity index (χ4v) is 3.26. The molecule has 0 unspecified atom stereocenters. The molecular weight excluding hydrogens is 348 g/mol. The first kappa shape index (κ1) is 18.5. The molecule has 3 rings (SSSR count). The van der Waals surface area contributed by atoms with E-state index < -0.39 is 0 Å². The van der Waals surface area contributed by atoms with Gasteiger partial charge >= 0.3 is 0 Å². The summed E-state index contributed by atoms with van der Waals surface area (Å²) in [7, 11) is 0. The van der Waals surface area contributed by atoms with Crippen LogP contribution in [0.25, 0.3) is 0 Å². The highest BCUT2D eigenvalue weighted by molar-refractivity contribution is 6.30. The van der Waals surface area contributed by atoms with Crippen LogP contribution < -0.4 is 10.2 Å². The summed E-state index contributed by atoms with van der Waals surface area (Å²) >= 11 is 5.91. The van der Waals surface area contributed by atoms with Gasteiger partial charge in [0, 0.05) is 35.8 Å². The van der Waals surface area contributed by atoms with E-state index in [0.717, 1.165) is 23.2 Å². The van der Waals surface area contributed by atoms with Crippen LogP contribution >= 0.6 is 11.6 Å². The summed E-state index contributed by atoms with van der Waals surface area (Å²) in [5, 5.41) is 3.56. The van der Waals surface area contributed by atoms with Crippen molar-refractivity contribution in [2.75, 3.05) is 11.4 Å². The van der Waals surface area contributed by atoms with Gasteiger partial charge in [0.2, 0.25) is 5.91 Å². The second-order valence-electron chi connectivity index (χ2n) is 7.05. The van der Waals surface area contributed by atoms with E-state index in [1.165, 1.54) is 0 Å². The Morgan fingerprint density at radius 3 is 2.58 bits per heavy atom. The van der Waals surface area contributed by atoms with Crippen molar-refractivity contribution in [1.82, 2.24) is 5.32 Å². The van der Waals surface area contributed by atoms with Crippen molar-refractivity contribution in [3.63, 3.8) is 0 Å². The number of halogens is 1. The van der Waals surface area contributed by atoms with E-state index in [0.29, 0.717) is 36.0 Å². The molecule has 0 saturated heterocycles. The first-order valence-electron chi connectivity index (χ1n) is 8.90. The molecule has 1 heterocycles. The molecule has 0 aromatic heterocycles. The number of amides is 2. The zero-order valence-corrected chi connectivity index (χ0v) is 15.8. The van der Waals surface area contributed by atoms with E-state index >= 15 is 0 Å². The third-order valence-electron chi connectivity index (χ3n) is 4.46. The Morgan fingerprint density at radius 1 is 1.15 bits per heavy atom. The number of nitrogens with one attached hydrogen (secondary N) is 1. The van der Waals surface area contributed by atoms with Crippen molar-refractivity contribution in [2.24, 2.45) is 5.92 Å². The molecule has 0 atom stereocenters. The monoisotopic (exact) mass is 370 g/mol. The first-order valence-corrected chi connectivity index (χ1v) is 9.28. The van der Waals surface area contributed by atoms with E-state index in [1.54, 1.807) is 29.2 Å². The first-order chi connectivity index (χ1) is 12.4. The summed E-state index contributed by atoms with van der Waals surface area (Å²) < 4.78 is 0. The Morgan fingerprint density at radius 2 is 1.88 bits per heavy atom. The summed E-state index contributed by atoms with van der Waals surface area (Å²) in [6, 6.07) is 13.0. The Balaban J connectivity index is 1.73. The summed E-state index contributed by atoms with van der Waals surface area (Å²) in [4.78, 5) is 26.5. The second-order valence-corrected chi connectivity index (χ2v) is 7.49. The molecule has 0 spiro atoms. The molecule has 0 bridgehead atoms. The maximum atomic E-state index is 12.8. The molecule has 0 fully saturated rings. The number of carbonyl (C=O) groups excluding carboxylic acids is 2. The molecule has 5 heteroatoms. The zero-order chi connectivity index (χ0) is 18.7. The van der Waals surface area contributed by atoms with Crippen molar-refractivity contribution in [2.45, 2.75) is 33.2 Å². The summed E-state index contributed by atoms with van der Waals surface area (Å²) in [6.45, 7) is 5.19. The summed E-state index contributed by atoms with van der Waals surface area (Å²) in [6.07, 6.45) is 1.36. The topological polar surface area (TPSA) is 49.4 Å². The normalized spacial score (nSPS) is 13.0. The van der Waals surface area contributed by atoms with Gasteiger partial charge in [-0.05, 0) is 53.8 Å². The number of anilines is 1. The maximum Gasteiger partial charge on any atom is 0.258 e. The van der Waals surface area contributed by atoms with Gasteiger partial charge in [0.15, 0.2) is 0 Å². The van der Waals surface area contributed by atoms with Crippen LogP contribution in [0.3, 0.4) is 0 Å². The number of fused-ring (bicyclic) bond motifs is 1. The number of hydrogen-bond acceptors (Lipinski definition) is 2. The number of nitrogens with zero attached hydrogens (tertiary/aromatic N) is 1. The third kappa shape index (κ3) is 4.25. The van der Waals surface area contributed by atoms with Crippen LogP contribution in [0, 0.1) is 5.92 Å². The lowest BCUT2D eigenvalue weighted by Gasteiger charge is -2.18. The zero-order valence-electron chi connectivity index (χ0n) is 15.1. The van der Waals surface area contributed by atoms with Gasteiger partial charge < -0.3 is 10.2 Å². The van der Waals surface area contributed by atoms with Crippen molar-refractivity contribution in [3.05, 3.63) is 64.2 Å². The van der Waals surface area contributed by atoms with Crippen molar-refractivity contribution >= 4 is 29.1 Å². The Labute approximate surface area is 159 Å². The average Bonchev–Trinajstić information content (AvgIpc) is 3.02. The predicted octanol–water partition coefficient (Wildman–Crippen LogP) is 4.21. The van der Waals surface area contributed by atoms with Gasteiger partial charge in [0.25, 0.3) is 5.91 Å². The molecule has 1 aliphatic rings. The van der Waals surface area contributed by atoms with Gasteiger partial charge in [0.1, 0.15) is 0 Å². The Bertz CT molecular complexity index is 815. The van der Waals surface area contributed by atoms with Crippen molar-refractivity contribution in [3.8, 4) is 0 Å². The SMILES string of the molecule is CC(C)CC(=O)NCc1ccc2c(c1)N(C(=O)c1ccc(Cl)cc1)CC2. The number of carbonyl (C=O) groups is 2. The van der Waals surface area contributed by atoms with Crippen LogP contribution in [-0.4, -0.2) is 18.4 Å². The molecule has 4 nitrogen and oxygen atoms in total. The Kier molecular flexibility index (Phi) is 5.62. The highest BCUT2D eigenvalue weighted by atomic mass is 35.5. The average molecular weight is 371 g/mol. The quantitative estimate of drug-likeness (QED) is 0.857. The van der Waals surface area contributed by atoms with Gasteiger partial charge in [-0.3, -0.25) is 9.59 Å². The van der Waals surface area contributed by atoms with Crippen molar-refractivity contribution in [1.29, 1.82) is 0 Å². The maximum absolute atomic E-state index is 12.8. The van der Waals surface area contributed by atoms with Crippen LogP contribution in [0.2, 0.25) is 5.02 Å². The van der Waals surface area contributed by atoms with Gasteiger partial charge in [0.05, 0.1) is 0 Å². The lowest BCUT2D eigenvalue weighted by molar-refractivity contribution is -0.121. The van der Waals surface area contributed by atoms with Crippen molar-refractivity contribution < 1.29 is 9.59 Å². The third-order valence-corrected chi connectivity index (χ3v) is 4.72. The molecule has 0 aliphatic carbocycles. The summed E-state index contributed by atoms with van der Waals surface area (Å²) in [5.74, 6) is 0.360. The molecule has 2 amide bonds. The van der Waals surface area contributed by atoms with Gasteiger partial charge in [-0.2, -0.15) is 0 Å². The van der Waals surface area contributed by atoms with Crippen LogP contribution in [0.5, 0.6) is 0 Å². The summed E-state index contributed by atoms with van der Waals surface area (Å²) in [5.41, 5.74) is 3.71. The minimum Gasteiger partial charge on any atom is -0.352 e. The number of hydrogen-bond donors (Lipinski definition) is 1. The predicted molar refractivity (Wildman–Crippen MR) is 105 cm³/mol. The van der Waals surface area contributed by atoms with E-state index in [1.807, 2.05) is 26.0 Å². The van der Waals surface area contributed by atoms with Gasteiger partial charge in [-0.1, -0.05) is 37.6 Å². The van der Waals surface area contributed by atoms with Gasteiger partial charge in [-0.25, -0.2) is 0 Å². The lowest BCUT2D eigenvalue weighted by Crippen LogP contribution is -2.29. The van der Waals surface area contributed by atoms with Gasteiger partial charge in [-0.15, -0.1) is 0 Å². The lowest BCUT2D eigenvalue weighted by atomic mass is 10.1. The molecule has 2 aromatic rings. The minimum atomic E-state index is -0.0265. The highest BCUT2D eigenvalue weighted by Gasteiger charge is 2.25. The fourth-order valence-electron chi connectivity index (χ4n) is 3.14. The van der Waals surface area contributed by atoms with E-state index in [4.69, 9.17) is 11.6 Å². The second kappa shape index (κ2) is 7.92. The molecule has 26 heavy (non-hydrogen) atoms. The van der Waals surface area contributed by atoms with Crippen LogP contribution in [0.15, 0.2) is 42.5 Å². The Hall–Kier alpha value is -2.33. The molecule has 2 aromatic carbocycles. The van der Waals surface area contributed by atoms with E-state index in [-0.39, 0.29) is 11.8 Å². The smallest absolute Gasteiger partial charge is 0.258 e. The van der Waals surface area contributed by atoms with Crippen LogP contribution in [-0.2, 0) is 17.8 Å². The molecule has 1 aliphatic heterocycles. The molecule has 0 saturated carbocycles. The molecular formula is C21H23ClN2O2.